The van der Waals surface area contributed by atoms with Crippen LogP contribution < -0.4 is 10.6 Å². The summed E-state index contributed by atoms with van der Waals surface area (Å²) in [4.78, 5) is 28.7. The number of fused-ring (bicyclic) bond motifs is 1. The highest BCUT2D eigenvalue weighted by atomic mass is 32.2. The summed E-state index contributed by atoms with van der Waals surface area (Å²) in [5.41, 5.74) is 8.00. The smallest absolute Gasteiger partial charge is 0.411 e. The number of amides is 1. The standard InChI is InChI=1S/C16H18N6O2S2/c1-8(26-15-20-13(17)5-14(21-15)25-3)10-4-9-11(6-18-10)19-7-12(9)22(2)16(23)24/h4-8,19H,1-3H3,(H,23,24)(H2,17,20,21). The van der Waals surface area contributed by atoms with Crippen LogP contribution >= 0.6 is 23.5 Å². The van der Waals surface area contributed by atoms with Crippen LogP contribution in [0.2, 0.25) is 0 Å². The third-order valence-electron chi connectivity index (χ3n) is 3.82. The van der Waals surface area contributed by atoms with Gasteiger partial charge in [0.05, 0.1) is 28.3 Å². The van der Waals surface area contributed by atoms with Crippen LogP contribution in [0.25, 0.3) is 10.9 Å². The predicted molar refractivity (Wildman–Crippen MR) is 105 cm³/mol. The van der Waals surface area contributed by atoms with E-state index in [2.05, 4.69) is 19.9 Å². The zero-order valence-electron chi connectivity index (χ0n) is 14.4. The zero-order chi connectivity index (χ0) is 18.8. The maximum Gasteiger partial charge on any atom is 0.411 e. The fourth-order valence-electron chi connectivity index (χ4n) is 2.42. The Balaban J connectivity index is 1.91. The molecule has 1 amide bonds. The second kappa shape index (κ2) is 7.42. The molecule has 8 nitrogen and oxygen atoms in total. The Morgan fingerprint density at radius 1 is 1.38 bits per heavy atom. The lowest BCUT2D eigenvalue weighted by Crippen LogP contribution is -2.23. The number of rotatable bonds is 5. The van der Waals surface area contributed by atoms with E-state index in [-0.39, 0.29) is 5.25 Å². The number of carboxylic acid groups (broad SMARTS) is 1. The summed E-state index contributed by atoms with van der Waals surface area (Å²) in [6, 6.07) is 3.62. The number of anilines is 2. The summed E-state index contributed by atoms with van der Waals surface area (Å²) < 4.78 is 0. The fourth-order valence-corrected chi connectivity index (χ4v) is 3.77. The average Bonchev–Trinajstić information content (AvgIpc) is 3.03. The summed E-state index contributed by atoms with van der Waals surface area (Å²) in [7, 11) is 1.51. The third-order valence-corrected chi connectivity index (χ3v) is 5.44. The van der Waals surface area contributed by atoms with Crippen LogP contribution in [0.15, 0.2) is 34.7 Å². The molecule has 136 valence electrons. The number of pyridine rings is 1. The van der Waals surface area contributed by atoms with Crippen molar-refractivity contribution < 1.29 is 9.90 Å². The first-order valence-electron chi connectivity index (χ1n) is 7.68. The van der Waals surface area contributed by atoms with Gasteiger partial charge >= 0.3 is 6.09 Å². The zero-order valence-corrected chi connectivity index (χ0v) is 16.1. The summed E-state index contributed by atoms with van der Waals surface area (Å²) in [6.07, 6.45) is 4.27. The van der Waals surface area contributed by atoms with Crippen molar-refractivity contribution in [1.82, 2.24) is 19.9 Å². The normalized spacial score (nSPS) is 12.3. The number of hydrogen-bond acceptors (Lipinski definition) is 7. The van der Waals surface area contributed by atoms with Gasteiger partial charge in [-0.1, -0.05) is 11.8 Å². The maximum atomic E-state index is 11.3. The van der Waals surface area contributed by atoms with E-state index in [4.69, 9.17) is 5.73 Å². The molecule has 4 N–H and O–H groups in total. The Kier molecular flexibility index (Phi) is 5.23. The number of nitrogen functional groups attached to an aromatic ring is 1. The van der Waals surface area contributed by atoms with E-state index in [0.29, 0.717) is 16.7 Å². The van der Waals surface area contributed by atoms with Crippen LogP contribution in [0.1, 0.15) is 17.9 Å². The molecule has 26 heavy (non-hydrogen) atoms. The molecule has 1 unspecified atom stereocenters. The average molecular weight is 390 g/mol. The van der Waals surface area contributed by atoms with E-state index in [0.717, 1.165) is 21.6 Å². The second-order valence-electron chi connectivity index (χ2n) is 5.55. The molecular weight excluding hydrogens is 372 g/mol. The number of hydrogen-bond donors (Lipinski definition) is 3. The van der Waals surface area contributed by atoms with Crippen molar-refractivity contribution in [2.24, 2.45) is 0 Å². The van der Waals surface area contributed by atoms with Gasteiger partial charge in [0.1, 0.15) is 10.8 Å². The molecule has 3 aromatic rings. The second-order valence-corrected chi connectivity index (χ2v) is 7.68. The summed E-state index contributed by atoms with van der Waals surface area (Å²) in [6.45, 7) is 2.00. The van der Waals surface area contributed by atoms with Gasteiger partial charge in [-0.15, -0.1) is 11.8 Å². The Hall–Kier alpha value is -2.46. The van der Waals surface area contributed by atoms with Gasteiger partial charge in [-0.25, -0.2) is 14.8 Å². The molecule has 3 rings (SSSR count). The molecule has 0 saturated carbocycles. The lowest BCUT2D eigenvalue weighted by molar-refractivity contribution is 0.203. The first-order chi connectivity index (χ1) is 12.4. The topological polar surface area (TPSA) is 121 Å². The summed E-state index contributed by atoms with van der Waals surface area (Å²) >= 11 is 2.96. The molecule has 1 atom stereocenters. The Morgan fingerprint density at radius 2 is 2.15 bits per heavy atom. The number of aromatic amines is 1. The quantitative estimate of drug-likeness (QED) is 0.343. The van der Waals surface area contributed by atoms with Gasteiger partial charge in [-0.05, 0) is 19.2 Å². The van der Waals surface area contributed by atoms with Crippen LogP contribution in [0.3, 0.4) is 0 Å². The minimum Gasteiger partial charge on any atom is -0.465 e. The van der Waals surface area contributed by atoms with Gasteiger partial charge in [0, 0.05) is 24.7 Å². The first kappa shape index (κ1) is 18.3. The van der Waals surface area contributed by atoms with Crippen molar-refractivity contribution in [3.63, 3.8) is 0 Å². The Labute approximate surface area is 158 Å². The number of nitrogens with one attached hydrogen (secondary N) is 1. The van der Waals surface area contributed by atoms with Crippen LogP contribution in [-0.4, -0.2) is 44.4 Å². The van der Waals surface area contributed by atoms with Crippen molar-refractivity contribution >= 4 is 52.0 Å². The number of nitrogens with zero attached hydrogens (tertiary/aromatic N) is 4. The maximum absolute atomic E-state index is 11.3. The molecule has 0 radical (unpaired) electrons. The number of nitrogens with two attached hydrogens (primary N) is 1. The lowest BCUT2D eigenvalue weighted by atomic mass is 10.2. The number of carbonyl (C=O) groups is 1. The van der Waals surface area contributed by atoms with E-state index in [1.807, 2.05) is 19.2 Å². The molecule has 10 heteroatoms. The molecular formula is C16H18N6O2S2. The van der Waals surface area contributed by atoms with Gasteiger partial charge in [0.2, 0.25) is 0 Å². The molecule has 0 aliphatic carbocycles. The van der Waals surface area contributed by atoms with Crippen molar-refractivity contribution in [1.29, 1.82) is 0 Å². The minimum atomic E-state index is -1.02. The summed E-state index contributed by atoms with van der Waals surface area (Å²) in [5, 5.41) is 11.4. The Morgan fingerprint density at radius 3 is 2.85 bits per heavy atom. The van der Waals surface area contributed by atoms with Crippen LogP contribution in [0.5, 0.6) is 0 Å². The Bertz CT molecular complexity index is 961. The molecule has 0 aromatic carbocycles. The summed E-state index contributed by atoms with van der Waals surface area (Å²) in [5.74, 6) is 0.429. The number of aromatic nitrogens is 4. The largest absolute Gasteiger partial charge is 0.465 e. The lowest BCUT2D eigenvalue weighted by Gasteiger charge is -2.13. The minimum absolute atomic E-state index is 0.0335. The molecule has 3 heterocycles. The fraction of sp³-hybridized carbons (Fsp3) is 0.250. The van der Waals surface area contributed by atoms with Crippen LogP contribution in [-0.2, 0) is 0 Å². The van der Waals surface area contributed by atoms with Gasteiger partial charge in [0.15, 0.2) is 5.16 Å². The van der Waals surface area contributed by atoms with E-state index in [9.17, 15) is 9.90 Å². The highest BCUT2D eigenvalue weighted by Crippen LogP contribution is 2.35. The van der Waals surface area contributed by atoms with Gasteiger partial charge < -0.3 is 15.8 Å². The van der Waals surface area contributed by atoms with Crippen LogP contribution in [0, 0.1) is 0 Å². The highest BCUT2D eigenvalue weighted by Gasteiger charge is 2.17. The van der Waals surface area contributed by atoms with Crippen molar-refractivity contribution in [2.75, 3.05) is 23.9 Å². The molecule has 0 fully saturated rings. The first-order valence-corrected chi connectivity index (χ1v) is 9.78. The van der Waals surface area contributed by atoms with E-state index in [1.165, 1.54) is 35.5 Å². The molecule has 0 aliphatic heterocycles. The van der Waals surface area contributed by atoms with Crippen molar-refractivity contribution in [2.45, 2.75) is 22.4 Å². The van der Waals surface area contributed by atoms with Gasteiger partial charge in [-0.2, -0.15) is 0 Å². The SMILES string of the molecule is CSc1cc(N)nc(SC(C)c2cc3c(N(C)C(=O)O)c[nH]c3cn2)n1. The highest BCUT2D eigenvalue weighted by molar-refractivity contribution is 7.99. The molecule has 0 aliphatic rings. The molecule has 0 spiro atoms. The third kappa shape index (κ3) is 3.70. The molecule has 3 aromatic heterocycles. The monoisotopic (exact) mass is 390 g/mol. The van der Waals surface area contributed by atoms with E-state index < -0.39 is 6.09 Å². The van der Waals surface area contributed by atoms with E-state index in [1.54, 1.807) is 18.5 Å². The molecule has 0 bridgehead atoms. The van der Waals surface area contributed by atoms with Crippen molar-refractivity contribution in [3.05, 3.63) is 30.2 Å². The molecule has 0 saturated heterocycles. The van der Waals surface area contributed by atoms with Gasteiger partial charge in [-0.3, -0.25) is 9.88 Å². The van der Waals surface area contributed by atoms with Gasteiger partial charge in [0.25, 0.3) is 0 Å². The van der Waals surface area contributed by atoms with Crippen LogP contribution in [0.4, 0.5) is 16.3 Å². The van der Waals surface area contributed by atoms with Crippen molar-refractivity contribution in [3.8, 4) is 0 Å². The number of thioether (sulfide) groups is 2. The number of H-pyrrole nitrogens is 1. The van der Waals surface area contributed by atoms with E-state index >= 15 is 0 Å². The predicted octanol–water partition coefficient (Wildman–Crippen LogP) is 3.62.